The fraction of sp³-hybridized carbons (Fsp3) is 0.500. The van der Waals surface area contributed by atoms with Crippen LogP contribution in [0.1, 0.15) is 43.1 Å². The van der Waals surface area contributed by atoms with Crippen molar-refractivity contribution in [3.63, 3.8) is 0 Å². The number of benzene rings is 1. The van der Waals surface area contributed by atoms with Gasteiger partial charge in [0.05, 0.1) is 0 Å². The van der Waals surface area contributed by atoms with E-state index in [0.717, 1.165) is 30.6 Å². The summed E-state index contributed by atoms with van der Waals surface area (Å²) in [6.07, 6.45) is 1.02. The van der Waals surface area contributed by atoms with E-state index in [2.05, 4.69) is 20.8 Å². The second kappa shape index (κ2) is 4.06. The molecule has 3 heteroatoms. The summed E-state index contributed by atoms with van der Waals surface area (Å²) >= 11 is 0. The molecule has 1 aliphatic rings. The molecule has 0 aromatic heterocycles. The van der Waals surface area contributed by atoms with Crippen LogP contribution in [0.25, 0.3) is 0 Å². The minimum absolute atomic E-state index is 0.122. The predicted octanol–water partition coefficient (Wildman–Crippen LogP) is 2.66. The molecule has 3 nitrogen and oxygen atoms in total. The zero-order valence-electron chi connectivity index (χ0n) is 10.8. The zero-order valence-corrected chi connectivity index (χ0v) is 10.8. The van der Waals surface area contributed by atoms with Gasteiger partial charge in [-0.3, -0.25) is 4.79 Å². The van der Waals surface area contributed by atoms with E-state index in [9.17, 15) is 4.79 Å². The normalized spacial score (nSPS) is 15.2. The third-order valence-electron chi connectivity index (χ3n) is 3.14. The molecule has 0 aliphatic carbocycles. The topological polar surface area (TPSA) is 46.3 Å². The quantitative estimate of drug-likeness (QED) is 0.797. The van der Waals surface area contributed by atoms with Crippen LogP contribution in [0, 0.1) is 5.41 Å². The molecule has 0 saturated heterocycles. The maximum absolute atomic E-state index is 12.1. The van der Waals surface area contributed by atoms with E-state index in [1.54, 1.807) is 6.07 Å². The summed E-state index contributed by atoms with van der Waals surface area (Å²) in [5.74, 6) is 0.122. The third-order valence-corrected chi connectivity index (χ3v) is 3.14. The number of rotatable bonds is 2. The fourth-order valence-corrected chi connectivity index (χ4v) is 2.03. The lowest BCUT2D eigenvalue weighted by Gasteiger charge is -2.23. The molecule has 17 heavy (non-hydrogen) atoms. The Morgan fingerprint density at radius 2 is 2.06 bits per heavy atom. The number of carbonyl (C=O) groups is 1. The van der Waals surface area contributed by atoms with Gasteiger partial charge in [-0.25, -0.2) is 0 Å². The highest BCUT2D eigenvalue weighted by molar-refractivity contribution is 5.99. The van der Waals surface area contributed by atoms with Gasteiger partial charge >= 0.3 is 0 Å². The molecule has 0 unspecified atom stereocenters. The van der Waals surface area contributed by atoms with Gasteiger partial charge in [0.15, 0.2) is 0 Å². The average molecular weight is 232 g/mol. The van der Waals surface area contributed by atoms with Crippen LogP contribution in [-0.4, -0.2) is 17.4 Å². The van der Waals surface area contributed by atoms with Gasteiger partial charge in [0, 0.05) is 24.3 Å². The van der Waals surface area contributed by atoms with Crippen molar-refractivity contribution in [3.05, 3.63) is 29.3 Å². The molecule has 1 aliphatic heterocycles. The van der Waals surface area contributed by atoms with Crippen LogP contribution in [0.2, 0.25) is 0 Å². The van der Waals surface area contributed by atoms with E-state index >= 15 is 0 Å². The highest BCUT2D eigenvalue weighted by Crippen LogP contribution is 2.27. The lowest BCUT2D eigenvalue weighted by Crippen LogP contribution is -2.27. The largest absolute Gasteiger partial charge is 0.399 e. The highest BCUT2D eigenvalue weighted by atomic mass is 16.2. The molecule has 0 radical (unpaired) electrons. The zero-order chi connectivity index (χ0) is 12.6. The maximum atomic E-state index is 12.1. The molecule has 0 fully saturated rings. The molecule has 92 valence electrons. The van der Waals surface area contributed by atoms with Crippen LogP contribution in [0.4, 0.5) is 5.69 Å². The molecule has 2 rings (SSSR count). The summed E-state index contributed by atoms with van der Waals surface area (Å²) in [6, 6.07) is 5.60. The molecule has 1 amide bonds. The van der Waals surface area contributed by atoms with Crippen molar-refractivity contribution in [1.82, 2.24) is 4.90 Å². The number of fused-ring (bicyclic) bond motifs is 1. The first kappa shape index (κ1) is 12.0. The van der Waals surface area contributed by atoms with E-state index < -0.39 is 0 Å². The number of anilines is 1. The monoisotopic (exact) mass is 232 g/mol. The van der Waals surface area contributed by atoms with Gasteiger partial charge in [0.2, 0.25) is 0 Å². The Hall–Kier alpha value is -1.51. The van der Waals surface area contributed by atoms with Crippen molar-refractivity contribution >= 4 is 11.6 Å². The average Bonchev–Trinajstić information content (AvgIpc) is 2.52. The second-order valence-electron chi connectivity index (χ2n) is 5.95. The number of nitrogens with zero attached hydrogens (tertiary/aromatic N) is 1. The summed E-state index contributed by atoms with van der Waals surface area (Å²) in [5, 5.41) is 0. The smallest absolute Gasteiger partial charge is 0.254 e. The van der Waals surface area contributed by atoms with Crippen LogP contribution in [0.5, 0.6) is 0 Å². The van der Waals surface area contributed by atoms with E-state index in [1.165, 1.54) is 0 Å². The Balaban J connectivity index is 2.10. The van der Waals surface area contributed by atoms with E-state index in [4.69, 9.17) is 5.73 Å². The number of hydrogen-bond acceptors (Lipinski definition) is 2. The number of amides is 1. The molecule has 0 saturated carbocycles. The summed E-state index contributed by atoms with van der Waals surface area (Å²) in [4.78, 5) is 14.0. The molecule has 1 heterocycles. The fourth-order valence-electron chi connectivity index (χ4n) is 2.03. The van der Waals surface area contributed by atoms with Crippen molar-refractivity contribution in [3.8, 4) is 0 Å². The second-order valence-corrected chi connectivity index (χ2v) is 5.95. The maximum Gasteiger partial charge on any atom is 0.254 e. The van der Waals surface area contributed by atoms with Crippen molar-refractivity contribution in [2.24, 2.45) is 5.41 Å². The lowest BCUT2D eigenvalue weighted by molar-refractivity contribution is 0.0761. The summed E-state index contributed by atoms with van der Waals surface area (Å²) in [6.45, 7) is 8.12. The van der Waals surface area contributed by atoms with Gasteiger partial charge in [-0.15, -0.1) is 0 Å². The molecule has 0 spiro atoms. The number of carbonyl (C=O) groups excluding carboxylic acids is 1. The Kier molecular flexibility index (Phi) is 2.86. The van der Waals surface area contributed by atoms with Gasteiger partial charge in [0.1, 0.15) is 0 Å². The van der Waals surface area contributed by atoms with Crippen molar-refractivity contribution in [1.29, 1.82) is 0 Å². The summed E-state index contributed by atoms with van der Waals surface area (Å²) < 4.78 is 0. The Bertz CT molecular complexity index is 446. The molecular weight excluding hydrogens is 212 g/mol. The van der Waals surface area contributed by atoms with Crippen molar-refractivity contribution in [2.45, 2.75) is 33.7 Å². The van der Waals surface area contributed by atoms with E-state index in [0.29, 0.717) is 5.69 Å². The van der Waals surface area contributed by atoms with Gasteiger partial charge in [-0.1, -0.05) is 26.8 Å². The molecule has 1 aromatic carbocycles. The SMILES string of the molecule is CC(C)(C)CCN1Cc2ccc(N)cc2C1=O. The first-order valence-corrected chi connectivity index (χ1v) is 6.04. The minimum atomic E-state index is 0.122. The van der Waals surface area contributed by atoms with Crippen LogP contribution < -0.4 is 5.73 Å². The Morgan fingerprint density at radius 1 is 1.35 bits per heavy atom. The standard InChI is InChI=1S/C14H20N2O/c1-14(2,3)6-7-16-9-10-4-5-11(15)8-12(10)13(16)17/h4-5,8H,6-7,9,15H2,1-3H3. The molecule has 0 atom stereocenters. The molecule has 2 N–H and O–H groups in total. The van der Waals surface area contributed by atoms with Crippen LogP contribution >= 0.6 is 0 Å². The number of nitrogen functional groups attached to an aromatic ring is 1. The number of nitrogens with two attached hydrogens (primary N) is 1. The van der Waals surface area contributed by atoms with Gasteiger partial charge < -0.3 is 10.6 Å². The van der Waals surface area contributed by atoms with Crippen LogP contribution in [0.3, 0.4) is 0 Å². The van der Waals surface area contributed by atoms with Gasteiger partial charge in [0.25, 0.3) is 5.91 Å². The molecular formula is C14H20N2O. The van der Waals surface area contributed by atoms with E-state index in [-0.39, 0.29) is 11.3 Å². The van der Waals surface area contributed by atoms with Crippen molar-refractivity contribution in [2.75, 3.05) is 12.3 Å². The van der Waals surface area contributed by atoms with Gasteiger partial charge in [-0.05, 0) is 29.5 Å². The van der Waals surface area contributed by atoms with Crippen LogP contribution in [0.15, 0.2) is 18.2 Å². The minimum Gasteiger partial charge on any atom is -0.399 e. The Labute approximate surface area is 103 Å². The van der Waals surface area contributed by atoms with Crippen LogP contribution in [-0.2, 0) is 6.54 Å². The molecule has 1 aromatic rings. The summed E-state index contributed by atoms with van der Waals surface area (Å²) in [7, 11) is 0. The first-order valence-electron chi connectivity index (χ1n) is 6.04. The number of hydrogen-bond donors (Lipinski definition) is 1. The van der Waals surface area contributed by atoms with E-state index in [1.807, 2.05) is 17.0 Å². The molecule has 0 bridgehead atoms. The Morgan fingerprint density at radius 3 is 2.71 bits per heavy atom. The first-order chi connectivity index (χ1) is 7.87. The highest BCUT2D eigenvalue weighted by Gasteiger charge is 2.27. The van der Waals surface area contributed by atoms with Crippen molar-refractivity contribution < 1.29 is 4.79 Å². The summed E-state index contributed by atoms with van der Waals surface area (Å²) in [5.41, 5.74) is 8.50. The predicted molar refractivity (Wildman–Crippen MR) is 69.7 cm³/mol. The van der Waals surface area contributed by atoms with Gasteiger partial charge in [-0.2, -0.15) is 0 Å². The third kappa shape index (κ3) is 2.60. The lowest BCUT2D eigenvalue weighted by atomic mass is 9.92.